The van der Waals surface area contributed by atoms with E-state index < -0.39 is 18.1 Å². The zero-order valence-electron chi connectivity index (χ0n) is 20.2. The van der Waals surface area contributed by atoms with Crippen molar-refractivity contribution in [2.24, 2.45) is 5.41 Å². The monoisotopic (exact) mass is 496 g/mol. The molecular formula is C27H32N2O5S. The van der Waals surface area contributed by atoms with Crippen LogP contribution in [0, 0.1) is 5.41 Å². The van der Waals surface area contributed by atoms with Crippen LogP contribution in [0.4, 0.5) is 4.79 Å². The summed E-state index contributed by atoms with van der Waals surface area (Å²) >= 11 is 1.47. The highest BCUT2D eigenvalue weighted by Crippen LogP contribution is 2.44. The van der Waals surface area contributed by atoms with Gasteiger partial charge in [0, 0.05) is 24.6 Å². The van der Waals surface area contributed by atoms with Crippen molar-refractivity contribution < 1.29 is 24.2 Å². The van der Waals surface area contributed by atoms with Gasteiger partial charge in [-0.15, -0.1) is 11.8 Å². The molecule has 1 atom stereocenters. The number of ether oxygens (including phenoxy) is 1. The van der Waals surface area contributed by atoms with Crippen molar-refractivity contribution in [1.29, 1.82) is 0 Å². The van der Waals surface area contributed by atoms with Crippen LogP contribution in [0.1, 0.15) is 50.2 Å². The molecule has 0 spiro atoms. The summed E-state index contributed by atoms with van der Waals surface area (Å²) in [4.78, 5) is 37.7. The minimum absolute atomic E-state index is 0.0222. The SMILES string of the molecule is CC(C)(CCNC(=O)OCC1c2ccccc2-c2ccccc21)CCC(=O)N1CSC[C@H]1C(=O)O. The van der Waals surface area contributed by atoms with Crippen molar-refractivity contribution in [1.82, 2.24) is 10.2 Å². The van der Waals surface area contributed by atoms with E-state index in [4.69, 9.17) is 4.74 Å². The van der Waals surface area contributed by atoms with Gasteiger partial charge in [0.25, 0.3) is 0 Å². The third-order valence-corrected chi connectivity index (χ3v) is 7.93. The largest absolute Gasteiger partial charge is 0.480 e. The Balaban J connectivity index is 1.22. The van der Waals surface area contributed by atoms with E-state index in [0.29, 0.717) is 37.4 Å². The first kappa shape index (κ1) is 25.1. The number of hydrogen-bond acceptors (Lipinski definition) is 5. The van der Waals surface area contributed by atoms with E-state index in [9.17, 15) is 19.5 Å². The number of carbonyl (C=O) groups excluding carboxylic acids is 2. The van der Waals surface area contributed by atoms with Gasteiger partial charge in [0.1, 0.15) is 12.6 Å². The number of aliphatic carboxylic acids is 1. The number of rotatable bonds is 9. The number of amides is 2. The minimum atomic E-state index is -0.949. The molecule has 0 aromatic heterocycles. The first-order valence-electron chi connectivity index (χ1n) is 12.0. The number of carboxylic acid groups (broad SMARTS) is 1. The molecule has 1 aliphatic heterocycles. The fourth-order valence-corrected chi connectivity index (χ4v) is 5.93. The maximum Gasteiger partial charge on any atom is 0.407 e. The molecule has 2 N–H and O–H groups in total. The zero-order chi connectivity index (χ0) is 25.0. The van der Waals surface area contributed by atoms with Gasteiger partial charge < -0.3 is 20.1 Å². The second-order valence-electron chi connectivity index (χ2n) is 9.88. The molecule has 0 bridgehead atoms. The summed E-state index contributed by atoms with van der Waals surface area (Å²) in [5.74, 6) is -0.183. The van der Waals surface area contributed by atoms with Crippen LogP contribution in [-0.4, -0.2) is 58.8 Å². The lowest BCUT2D eigenvalue weighted by Gasteiger charge is -2.26. The smallest absolute Gasteiger partial charge is 0.407 e. The van der Waals surface area contributed by atoms with E-state index in [-0.39, 0.29) is 23.8 Å². The molecule has 2 amide bonds. The molecule has 1 fully saturated rings. The second kappa shape index (κ2) is 10.7. The van der Waals surface area contributed by atoms with E-state index in [1.165, 1.54) is 38.9 Å². The van der Waals surface area contributed by atoms with Gasteiger partial charge in [0.05, 0.1) is 5.88 Å². The van der Waals surface area contributed by atoms with E-state index in [1.807, 2.05) is 38.1 Å². The van der Waals surface area contributed by atoms with Crippen molar-refractivity contribution in [3.05, 3.63) is 59.7 Å². The first-order valence-corrected chi connectivity index (χ1v) is 13.1. The maximum atomic E-state index is 12.5. The van der Waals surface area contributed by atoms with Gasteiger partial charge >= 0.3 is 12.1 Å². The van der Waals surface area contributed by atoms with Gasteiger partial charge in [-0.05, 0) is 40.5 Å². The molecule has 2 aliphatic rings. The van der Waals surface area contributed by atoms with Crippen LogP contribution in [0.5, 0.6) is 0 Å². The van der Waals surface area contributed by atoms with Crippen molar-refractivity contribution in [3.8, 4) is 11.1 Å². The number of alkyl carbamates (subject to hydrolysis) is 1. The molecular weight excluding hydrogens is 464 g/mol. The summed E-state index contributed by atoms with van der Waals surface area (Å²) in [7, 11) is 0. The lowest BCUT2D eigenvalue weighted by atomic mass is 9.84. The summed E-state index contributed by atoms with van der Waals surface area (Å²) in [5.41, 5.74) is 4.55. The highest BCUT2D eigenvalue weighted by molar-refractivity contribution is 7.99. The Morgan fingerprint density at radius 2 is 1.69 bits per heavy atom. The van der Waals surface area contributed by atoms with Crippen LogP contribution in [0.15, 0.2) is 48.5 Å². The molecule has 1 aliphatic carbocycles. The fraction of sp³-hybridized carbons (Fsp3) is 0.444. The van der Waals surface area contributed by atoms with E-state index in [1.54, 1.807) is 0 Å². The summed E-state index contributed by atoms with van der Waals surface area (Å²) < 4.78 is 5.59. The number of nitrogens with zero attached hydrogens (tertiary/aromatic N) is 1. The maximum absolute atomic E-state index is 12.5. The van der Waals surface area contributed by atoms with Gasteiger partial charge in [0.2, 0.25) is 5.91 Å². The lowest BCUT2D eigenvalue weighted by molar-refractivity contribution is -0.147. The Labute approximate surface area is 210 Å². The third kappa shape index (κ3) is 5.81. The summed E-state index contributed by atoms with van der Waals surface area (Å²) in [6.07, 6.45) is 1.15. The standard InChI is InChI=1S/C27H32N2O5S/c1-27(2,12-11-24(30)29-17-35-16-23(29)25(31)32)13-14-28-26(33)34-15-22-20-9-5-3-7-18(20)19-8-4-6-10-21(19)22/h3-10,22-23H,11-17H2,1-2H3,(H,28,33)(H,31,32)/t23-/m0/s1. The molecule has 1 heterocycles. The molecule has 0 unspecified atom stereocenters. The Bertz CT molecular complexity index is 1060. The van der Waals surface area contributed by atoms with E-state index in [2.05, 4.69) is 29.6 Å². The predicted molar refractivity (Wildman–Crippen MR) is 136 cm³/mol. The Hall–Kier alpha value is -3.00. The predicted octanol–water partition coefficient (Wildman–Crippen LogP) is 4.71. The highest BCUT2D eigenvalue weighted by Gasteiger charge is 2.35. The summed E-state index contributed by atoms with van der Waals surface area (Å²) in [5, 5.41) is 12.1. The van der Waals surface area contributed by atoms with Gasteiger partial charge in [-0.2, -0.15) is 0 Å². The fourth-order valence-electron chi connectivity index (χ4n) is 4.76. The average molecular weight is 497 g/mol. The van der Waals surface area contributed by atoms with Crippen molar-refractivity contribution in [2.45, 2.75) is 45.1 Å². The van der Waals surface area contributed by atoms with Crippen LogP contribution in [0.3, 0.4) is 0 Å². The topological polar surface area (TPSA) is 95.9 Å². The molecule has 8 heteroatoms. The molecule has 2 aromatic rings. The number of thioether (sulfide) groups is 1. The van der Waals surface area contributed by atoms with Crippen LogP contribution >= 0.6 is 11.8 Å². The minimum Gasteiger partial charge on any atom is -0.480 e. The van der Waals surface area contributed by atoms with Crippen LogP contribution in [-0.2, 0) is 14.3 Å². The third-order valence-electron chi connectivity index (χ3n) is 6.92. The van der Waals surface area contributed by atoms with Gasteiger partial charge in [-0.1, -0.05) is 62.4 Å². The number of fused-ring (bicyclic) bond motifs is 3. The number of nitrogens with one attached hydrogen (secondary N) is 1. The van der Waals surface area contributed by atoms with Crippen molar-refractivity contribution in [2.75, 3.05) is 24.8 Å². The quantitative estimate of drug-likeness (QED) is 0.522. The van der Waals surface area contributed by atoms with Crippen LogP contribution in [0.25, 0.3) is 11.1 Å². The van der Waals surface area contributed by atoms with Crippen molar-refractivity contribution >= 4 is 29.7 Å². The van der Waals surface area contributed by atoms with Gasteiger partial charge in [0.15, 0.2) is 0 Å². The lowest BCUT2D eigenvalue weighted by Crippen LogP contribution is -2.42. The molecule has 186 valence electrons. The number of benzene rings is 2. The molecule has 7 nitrogen and oxygen atoms in total. The van der Waals surface area contributed by atoms with Crippen LogP contribution < -0.4 is 5.32 Å². The summed E-state index contributed by atoms with van der Waals surface area (Å²) in [6, 6.07) is 15.7. The van der Waals surface area contributed by atoms with Crippen LogP contribution in [0.2, 0.25) is 0 Å². The van der Waals surface area contributed by atoms with E-state index in [0.717, 1.165) is 0 Å². The Kier molecular flexibility index (Phi) is 7.69. The molecule has 2 aromatic carbocycles. The summed E-state index contributed by atoms with van der Waals surface area (Å²) in [6.45, 7) is 4.81. The first-order chi connectivity index (χ1) is 16.8. The molecule has 0 saturated carbocycles. The Morgan fingerprint density at radius 1 is 1.06 bits per heavy atom. The molecule has 4 rings (SSSR count). The van der Waals surface area contributed by atoms with E-state index >= 15 is 0 Å². The Morgan fingerprint density at radius 3 is 2.31 bits per heavy atom. The molecule has 1 saturated heterocycles. The van der Waals surface area contributed by atoms with Crippen molar-refractivity contribution in [3.63, 3.8) is 0 Å². The number of hydrogen-bond donors (Lipinski definition) is 2. The molecule has 35 heavy (non-hydrogen) atoms. The zero-order valence-corrected chi connectivity index (χ0v) is 21.0. The normalized spacial score (nSPS) is 17.1. The highest BCUT2D eigenvalue weighted by atomic mass is 32.2. The second-order valence-corrected chi connectivity index (χ2v) is 10.9. The number of carboxylic acids is 1. The molecule has 0 radical (unpaired) electrons. The number of carbonyl (C=O) groups is 3. The van der Waals surface area contributed by atoms with Gasteiger partial charge in [-0.3, -0.25) is 4.79 Å². The average Bonchev–Trinajstić information content (AvgIpc) is 3.45. The van der Waals surface area contributed by atoms with Gasteiger partial charge in [-0.25, -0.2) is 9.59 Å².